The lowest BCUT2D eigenvalue weighted by Crippen LogP contribution is -2.43. The Morgan fingerprint density at radius 3 is 2.86 bits per heavy atom. The Hall–Kier alpha value is -4.07. The van der Waals surface area contributed by atoms with Gasteiger partial charge in [-0.2, -0.15) is 5.10 Å². The highest BCUT2D eigenvalue weighted by molar-refractivity contribution is 5.81. The summed E-state index contributed by atoms with van der Waals surface area (Å²) in [5.41, 5.74) is 3.78. The van der Waals surface area contributed by atoms with E-state index in [1.54, 1.807) is 13.3 Å². The number of amides is 1. The second-order valence-corrected chi connectivity index (χ2v) is 8.93. The van der Waals surface area contributed by atoms with Gasteiger partial charge in [-0.05, 0) is 55.7 Å². The molecule has 1 aliphatic heterocycles. The SMILES string of the molecule is CCOc1cccc(CNC(=O)[C@H]2CCCN(c3nccn4nc(-c5cccc(OC)c5)cc34)C2)c1. The second kappa shape index (κ2) is 10.7. The molecule has 8 heteroatoms. The molecule has 186 valence electrons. The Kier molecular flexibility index (Phi) is 7.02. The van der Waals surface area contributed by atoms with Gasteiger partial charge in [0.25, 0.3) is 0 Å². The van der Waals surface area contributed by atoms with Crippen LogP contribution in [0.2, 0.25) is 0 Å². The van der Waals surface area contributed by atoms with Crippen LogP contribution in [0, 0.1) is 5.92 Å². The molecule has 1 aliphatic rings. The number of anilines is 1. The summed E-state index contributed by atoms with van der Waals surface area (Å²) in [4.78, 5) is 19.9. The number of benzene rings is 2. The normalized spacial score (nSPS) is 15.6. The third-order valence-corrected chi connectivity index (χ3v) is 6.50. The molecule has 1 saturated heterocycles. The van der Waals surface area contributed by atoms with Crippen LogP contribution in [0.4, 0.5) is 5.82 Å². The lowest BCUT2D eigenvalue weighted by Gasteiger charge is -2.33. The Morgan fingerprint density at radius 1 is 1.14 bits per heavy atom. The van der Waals surface area contributed by atoms with Crippen LogP contribution in [0.5, 0.6) is 11.5 Å². The smallest absolute Gasteiger partial charge is 0.225 e. The minimum absolute atomic E-state index is 0.0686. The predicted molar refractivity (Wildman–Crippen MR) is 139 cm³/mol. The van der Waals surface area contributed by atoms with Gasteiger partial charge in [-0.1, -0.05) is 24.3 Å². The Morgan fingerprint density at radius 2 is 2.00 bits per heavy atom. The first-order valence-electron chi connectivity index (χ1n) is 12.4. The molecule has 3 heterocycles. The van der Waals surface area contributed by atoms with E-state index >= 15 is 0 Å². The van der Waals surface area contributed by atoms with E-state index in [-0.39, 0.29) is 11.8 Å². The van der Waals surface area contributed by atoms with Crippen LogP contribution in [-0.2, 0) is 11.3 Å². The number of hydrogen-bond donors (Lipinski definition) is 1. The maximum absolute atomic E-state index is 13.1. The van der Waals surface area contributed by atoms with E-state index in [0.29, 0.717) is 19.7 Å². The maximum Gasteiger partial charge on any atom is 0.225 e. The van der Waals surface area contributed by atoms with E-state index in [1.807, 2.05) is 72.2 Å². The van der Waals surface area contributed by atoms with Crippen LogP contribution in [0.25, 0.3) is 16.8 Å². The lowest BCUT2D eigenvalue weighted by atomic mass is 9.97. The van der Waals surface area contributed by atoms with Crippen molar-refractivity contribution in [2.24, 2.45) is 5.92 Å². The molecular formula is C28H31N5O3. The molecule has 2 aromatic carbocycles. The van der Waals surface area contributed by atoms with Crippen molar-refractivity contribution in [1.29, 1.82) is 0 Å². The van der Waals surface area contributed by atoms with Crippen LogP contribution in [0.3, 0.4) is 0 Å². The van der Waals surface area contributed by atoms with Crippen molar-refractivity contribution >= 4 is 17.2 Å². The average molecular weight is 486 g/mol. The molecule has 1 amide bonds. The molecule has 36 heavy (non-hydrogen) atoms. The first kappa shape index (κ1) is 23.7. The molecule has 1 fully saturated rings. The predicted octanol–water partition coefficient (Wildman–Crippen LogP) is 4.34. The molecule has 0 radical (unpaired) electrons. The zero-order chi connectivity index (χ0) is 24.9. The Balaban J connectivity index is 1.30. The molecule has 8 nitrogen and oxygen atoms in total. The number of fused-ring (bicyclic) bond motifs is 1. The molecule has 0 saturated carbocycles. The lowest BCUT2D eigenvalue weighted by molar-refractivity contribution is -0.125. The van der Waals surface area contributed by atoms with Gasteiger partial charge < -0.3 is 19.7 Å². The number of carbonyl (C=O) groups excluding carboxylic acids is 1. The van der Waals surface area contributed by atoms with Crippen LogP contribution < -0.4 is 19.7 Å². The summed E-state index contributed by atoms with van der Waals surface area (Å²) >= 11 is 0. The standard InChI is InChI=1S/C28H31N5O3/c1-3-36-24-11-4-7-20(15-24)18-30-28(34)22-9-6-13-32(19-22)27-26-17-25(31-33(26)14-12-29-27)21-8-5-10-23(16-21)35-2/h4-5,7-8,10-12,14-17,22H,3,6,9,13,18-19H2,1-2H3,(H,30,34)/t22-/m0/s1. The molecule has 1 N–H and O–H groups in total. The average Bonchev–Trinajstić information content (AvgIpc) is 3.37. The van der Waals surface area contributed by atoms with E-state index in [0.717, 1.165) is 59.0 Å². The zero-order valence-electron chi connectivity index (χ0n) is 20.7. The van der Waals surface area contributed by atoms with Crippen molar-refractivity contribution in [2.75, 3.05) is 31.7 Å². The summed E-state index contributed by atoms with van der Waals surface area (Å²) in [7, 11) is 1.66. The fourth-order valence-electron chi connectivity index (χ4n) is 4.70. The molecule has 2 aromatic heterocycles. The molecule has 0 unspecified atom stereocenters. The highest BCUT2D eigenvalue weighted by atomic mass is 16.5. The van der Waals surface area contributed by atoms with Gasteiger partial charge in [0, 0.05) is 37.6 Å². The number of ether oxygens (including phenoxy) is 2. The van der Waals surface area contributed by atoms with Crippen LogP contribution in [-0.4, -0.2) is 47.3 Å². The summed E-state index contributed by atoms with van der Waals surface area (Å²) in [6.07, 6.45) is 5.41. The van der Waals surface area contributed by atoms with Gasteiger partial charge >= 0.3 is 0 Å². The number of nitrogens with one attached hydrogen (secondary N) is 1. The van der Waals surface area contributed by atoms with Crippen molar-refractivity contribution in [3.8, 4) is 22.8 Å². The molecule has 0 aliphatic carbocycles. The summed E-state index contributed by atoms with van der Waals surface area (Å²) in [5.74, 6) is 2.43. The molecule has 0 bridgehead atoms. The van der Waals surface area contributed by atoms with Crippen molar-refractivity contribution in [2.45, 2.75) is 26.3 Å². The van der Waals surface area contributed by atoms with Gasteiger partial charge in [-0.15, -0.1) is 0 Å². The van der Waals surface area contributed by atoms with Crippen molar-refractivity contribution in [1.82, 2.24) is 19.9 Å². The van der Waals surface area contributed by atoms with Crippen molar-refractivity contribution in [3.63, 3.8) is 0 Å². The number of methoxy groups -OCH3 is 1. The molecule has 1 atom stereocenters. The minimum atomic E-state index is -0.100. The Bertz CT molecular complexity index is 1350. The van der Waals surface area contributed by atoms with Crippen LogP contribution in [0.15, 0.2) is 67.0 Å². The topological polar surface area (TPSA) is 81.0 Å². The first-order valence-corrected chi connectivity index (χ1v) is 12.4. The van der Waals surface area contributed by atoms with Gasteiger partial charge in [0.15, 0.2) is 5.82 Å². The molecular weight excluding hydrogens is 454 g/mol. The van der Waals surface area contributed by atoms with E-state index in [1.165, 1.54) is 0 Å². The molecule has 5 rings (SSSR count). The number of hydrogen-bond acceptors (Lipinski definition) is 6. The highest BCUT2D eigenvalue weighted by Gasteiger charge is 2.27. The fourth-order valence-corrected chi connectivity index (χ4v) is 4.70. The molecule has 4 aromatic rings. The van der Waals surface area contributed by atoms with Crippen LogP contribution in [0.1, 0.15) is 25.3 Å². The number of nitrogens with zero attached hydrogens (tertiary/aromatic N) is 4. The van der Waals surface area contributed by atoms with Crippen LogP contribution >= 0.6 is 0 Å². The monoisotopic (exact) mass is 485 g/mol. The quantitative estimate of drug-likeness (QED) is 0.400. The van der Waals surface area contributed by atoms with Crippen molar-refractivity contribution in [3.05, 3.63) is 72.6 Å². The zero-order valence-corrected chi connectivity index (χ0v) is 20.7. The maximum atomic E-state index is 13.1. The first-order chi connectivity index (χ1) is 17.6. The largest absolute Gasteiger partial charge is 0.497 e. The third-order valence-electron chi connectivity index (χ3n) is 6.50. The van der Waals surface area contributed by atoms with E-state index in [4.69, 9.17) is 14.6 Å². The number of carbonyl (C=O) groups is 1. The van der Waals surface area contributed by atoms with Gasteiger partial charge in [-0.3, -0.25) is 4.79 Å². The minimum Gasteiger partial charge on any atom is -0.497 e. The highest BCUT2D eigenvalue weighted by Crippen LogP contribution is 2.29. The van der Waals surface area contributed by atoms with Gasteiger partial charge in [0.05, 0.1) is 25.3 Å². The summed E-state index contributed by atoms with van der Waals surface area (Å²) in [6.45, 7) is 4.54. The van der Waals surface area contributed by atoms with E-state index in [2.05, 4.69) is 15.2 Å². The number of aromatic nitrogens is 3. The third kappa shape index (κ3) is 5.12. The molecule has 0 spiro atoms. The van der Waals surface area contributed by atoms with Crippen molar-refractivity contribution < 1.29 is 14.3 Å². The number of rotatable bonds is 8. The van der Waals surface area contributed by atoms with Gasteiger partial charge in [0.1, 0.15) is 17.0 Å². The van der Waals surface area contributed by atoms with Gasteiger partial charge in [0.2, 0.25) is 5.91 Å². The van der Waals surface area contributed by atoms with E-state index < -0.39 is 0 Å². The van der Waals surface area contributed by atoms with E-state index in [9.17, 15) is 4.79 Å². The summed E-state index contributed by atoms with van der Waals surface area (Å²) < 4.78 is 12.8. The summed E-state index contributed by atoms with van der Waals surface area (Å²) in [5, 5.41) is 7.87. The second-order valence-electron chi connectivity index (χ2n) is 8.93. The Labute approximate surface area is 210 Å². The fraction of sp³-hybridized carbons (Fsp3) is 0.321. The van der Waals surface area contributed by atoms with Gasteiger partial charge in [-0.25, -0.2) is 9.50 Å². The number of piperidine rings is 1. The summed E-state index contributed by atoms with van der Waals surface area (Å²) in [6, 6.07) is 17.8.